The lowest BCUT2D eigenvalue weighted by Gasteiger charge is -2.19. The monoisotopic (exact) mass is 384 g/mol. The number of halogens is 1. The summed E-state index contributed by atoms with van der Waals surface area (Å²) < 4.78 is 18.9. The molecule has 0 aromatic heterocycles. The van der Waals surface area contributed by atoms with Gasteiger partial charge in [0, 0.05) is 6.42 Å². The number of anilines is 1. The van der Waals surface area contributed by atoms with Crippen molar-refractivity contribution in [3.8, 4) is 5.75 Å². The third kappa shape index (κ3) is 5.09. The summed E-state index contributed by atoms with van der Waals surface area (Å²) in [5.41, 5.74) is 1.20. The Bertz CT molecular complexity index is 834. The van der Waals surface area contributed by atoms with Crippen LogP contribution in [0.25, 0.3) is 0 Å². The number of ether oxygens (including phenoxy) is 1. The van der Waals surface area contributed by atoms with E-state index in [1.54, 1.807) is 26.2 Å². The smallest absolute Gasteiger partial charge is 0.246 e. The van der Waals surface area contributed by atoms with Gasteiger partial charge in [-0.25, -0.2) is 4.39 Å². The first-order valence-electron chi connectivity index (χ1n) is 9.46. The average molecular weight is 384 g/mol. The zero-order valence-corrected chi connectivity index (χ0v) is 16.1. The molecule has 2 aromatic carbocycles. The molecule has 2 amide bonds. The summed E-state index contributed by atoms with van der Waals surface area (Å²) in [4.78, 5) is 24.8. The first-order chi connectivity index (χ1) is 13.5. The van der Waals surface area contributed by atoms with Gasteiger partial charge in [0.1, 0.15) is 17.6 Å². The molecule has 2 unspecified atom stereocenters. The van der Waals surface area contributed by atoms with E-state index in [0.29, 0.717) is 12.3 Å². The highest BCUT2D eigenvalue weighted by Gasteiger charge is 2.34. The molecule has 5 nitrogen and oxygen atoms in total. The van der Waals surface area contributed by atoms with Crippen LogP contribution in [0.1, 0.15) is 37.7 Å². The predicted octanol–water partition coefficient (Wildman–Crippen LogP) is 3.86. The van der Waals surface area contributed by atoms with E-state index in [-0.39, 0.29) is 17.5 Å². The average Bonchev–Trinajstić information content (AvgIpc) is 3.53. The maximum Gasteiger partial charge on any atom is 0.246 e. The molecule has 0 saturated heterocycles. The molecule has 2 aromatic rings. The fourth-order valence-electron chi connectivity index (χ4n) is 3.28. The second-order valence-corrected chi connectivity index (χ2v) is 7.18. The topological polar surface area (TPSA) is 67.4 Å². The molecule has 6 heteroatoms. The molecule has 0 heterocycles. The van der Waals surface area contributed by atoms with Crippen LogP contribution in [0.5, 0.6) is 5.75 Å². The van der Waals surface area contributed by atoms with Gasteiger partial charge in [-0.3, -0.25) is 9.59 Å². The standard InChI is InChI=1S/C22H25FN2O3/c1-14(22(27)25-20-6-4-3-5-19(20)23)24-21(26)13-18(15-7-8-15)16-9-11-17(28-2)12-10-16/h3-6,9-12,14-15,18H,7-8,13H2,1-2H3,(H,24,26)(H,25,27). The lowest BCUT2D eigenvalue weighted by atomic mass is 9.90. The van der Waals surface area contributed by atoms with Crippen LogP contribution in [0.15, 0.2) is 48.5 Å². The van der Waals surface area contributed by atoms with Gasteiger partial charge >= 0.3 is 0 Å². The van der Waals surface area contributed by atoms with E-state index in [4.69, 9.17) is 4.74 Å². The summed E-state index contributed by atoms with van der Waals surface area (Å²) in [6.45, 7) is 1.59. The number of para-hydroxylation sites is 1. The first kappa shape index (κ1) is 19.9. The quantitative estimate of drug-likeness (QED) is 0.726. The minimum absolute atomic E-state index is 0.0997. The number of carbonyl (C=O) groups is 2. The summed E-state index contributed by atoms with van der Waals surface area (Å²) >= 11 is 0. The van der Waals surface area contributed by atoms with Crippen LogP contribution in [0, 0.1) is 11.7 Å². The zero-order valence-electron chi connectivity index (χ0n) is 16.1. The molecular formula is C22H25FN2O3. The highest BCUT2D eigenvalue weighted by atomic mass is 19.1. The van der Waals surface area contributed by atoms with Crippen molar-refractivity contribution in [2.75, 3.05) is 12.4 Å². The van der Waals surface area contributed by atoms with Crippen molar-refractivity contribution >= 4 is 17.5 Å². The molecule has 148 valence electrons. The van der Waals surface area contributed by atoms with E-state index in [0.717, 1.165) is 24.2 Å². The second kappa shape index (κ2) is 8.87. The third-order valence-electron chi connectivity index (χ3n) is 5.04. The van der Waals surface area contributed by atoms with Crippen molar-refractivity contribution in [1.29, 1.82) is 0 Å². The maximum atomic E-state index is 13.7. The molecule has 2 N–H and O–H groups in total. The Morgan fingerprint density at radius 3 is 2.43 bits per heavy atom. The van der Waals surface area contributed by atoms with Crippen molar-refractivity contribution in [3.05, 3.63) is 59.9 Å². The van der Waals surface area contributed by atoms with Crippen molar-refractivity contribution < 1.29 is 18.7 Å². The second-order valence-electron chi connectivity index (χ2n) is 7.18. The number of amides is 2. The highest BCUT2D eigenvalue weighted by molar-refractivity contribution is 5.97. The third-order valence-corrected chi connectivity index (χ3v) is 5.04. The van der Waals surface area contributed by atoms with Gasteiger partial charge in [-0.1, -0.05) is 24.3 Å². The Kier molecular flexibility index (Phi) is 6.29. The summed E-state index contributed by atoms with van der Waals surface area (Å²) in [6, 6.07) is 12.9. The Balaban J connectivity index is 1.58. The Hall–Kier alpha value is -2.89. The summed E-state index contributed by atoms with van der Waals surface area (Å²) in [5, 5.41) is 5.23. The van der Waals surface area contributed by atoms with Gasteiger partial charge in [-0.15, -0.1) is 0 Å². The highest BCUT2D eigenvalue weighted by Crippen LogP contribution is 2.44. The largest absolute Gasteiger partial charge is 0.497 e. The fourth-order valence-corrected chi connectivity index (χ4v) is 3.28. The van der Waals surface area contributed by atoms with Gasteiger partial charge in [0.15, 0.2) is 0 Å². The lowest BCUT2D eigenvalue weighted by molar-refractivity contribution is -0.126. The van der Waals surface area contributed by atoms with Gasteiger partial charge < -0.3 is 15.4 Å². The van der Waals surface area contributed by atoms with Crippen molar-refractivity contribution in [2.45, 2.75) is 38.1 Å². The van der Waals surface area contributed by atoms with Gasteiger partial charge in [0.05, 0.1) is 12.8 Å². The minimum Gasteiger partial charge on any atom is -0.497 e. The van der Waals surface area contributed by atoms with E-state index in [1.165, 1.54) is 12.1 Å². The molecule has 0 spiro atoms. The maximum absolute atomic E-state index is 13.7. The van der Waals surface area contributed by atoms with Crippen molar-refractivity contribution in [3.63, 3.8) is 0 Å². The van der Waals surface area contributed by atoms with E-state index in [9.17, 15) is 14.0 Å². The number of benzene rings is 2. The molecule has 1 aliphatic rings. The van der Waals surface area contributed by atoms with Gasteiger partial charge in [0.25, 0.3) is 0 Å². The Labute approximate surface area is 164 Å². The molecule has 28 heavy (non-hydrogen) atoms. The van der Waals surface area contributed by atoms with E-state index in [2.05, 4.69) is 10.6 Å². The fraction of sp³-hybridized carbons (Fsp3) is 0.364. The molecule has 1 aliphatic carbocycles. The SMILES string of the molecule is COc1ccc(C(CC(=O)NC(C)C(=O)Nc2ccccc2F)C2CC2)cc1. The summed E-state index contributed by atoms with van der Waals surface area (Å²) in [7, 11) is 1.62. The minimum atomic E-state index is -0.761. The van der Waals surface area contributed by atoms with E-state index < -0.39 is 17.8 Å². The van der Waals surface area contributed by atoms with Crippen LogP contribution in [0.2, 0.25) is 0 Å². The van der Waals surface area contributed by atoms with Crippen LogP contribution in [0.3, 0.4) is 0 Å². The first-order valence-corrected chi connectivity index (χ1v) is 9.46. The summed E-state index contributed by atoms with van der Waals surface area (Å²) in [5.74, 6) is 0.230. The molecule has 0 bridgehead atoms. The van der Waals surface area contributed by atoms with E-state index in [1.807, 2.05) is 24.3 Å². The number of nitrogens with one attached hydrogen (secondary N) is 2. The van der Waals surface area contributed by atoms with Crippen LogP contribution in [0.4, 0.5) is 10.1 Å². The molecule has 2 atom stereocenters. The van der Waals surface area contributed by atoms with E-state index >= 15 is 0 Å². The number of hydrogen-bond donors (Lipinski definition) is 2. The molecule has 0 aliphatic heterocycles. The van der Waals surface area contributed by atoms with Gasteiger partial charge in [-0.2, -0.15) is 0 Å². The molecule has 3 rings (SSSR count). The Morgan fingerprint density at radius 1 is 1.14 bits per heavy atom. The predicted molar refractivity (Wildman–Crippen MR) is 106 cm³/mol. The van der Waals surface area contributed by atoms with Gasteiger partial charge in [-0.05, 0) is 61.4 Å². The normalized spacial score (nSPS) is 15.4. The van der Waals surface area contributed by atoms with Crippen LogP contribution in [-0.4, -0.2) is 25.0 Å². The molecule has 1 fully saturated rings. The Morgan fingerprint density at radius 2 is 1.82 bits per heavy atom. The number of hydrogen-bond acceptors (Lipinski definition) is 3. The lowest BCUT2D eigenvalue weighted by Crippen LogP contribution is -2.42. The van der Waals surface area contributed by atoms with Crippen LogP contribution in [-0.2, 0) is 9.59 Å². The van der Waals surface area contributed by atoms with Crippen LogP contribution < -0.4 is 15.4 Å². The molecule has 0 radical (unpaired) electrons. The van der Waals surface area contributed by atoms with Crippen molar-refractivity contribution in [2.24, 2.45) is 5.92 Å². The number of carbonyl (C=O) groups excluding carboxylic acids is 2. The van der Waals surface area contributed by atoms with Crippen LogP contribution >= 0.6 is 0 Å². The number of rotatable bonds is 8. The number of methoxy groups -OCH3 is 1. The molecule has 1 saturated carbocycles. The van der Waals surface area contributed by atoms with Crippen molar-refractivity contribution in [1.82, 2.24) is 5.32 Å². The zero-order chi connectivity index (χ0) is 20.1. The molecular weight excluding hydrogens is 359 g/mol. The van der Waals surface area contributed by atoms with Gasteiger partial charge in [0.2, 0.25) is 11.8 Å². The summed E-state index contributed by atoms with van der Waals surface area (Å²) in [6.07, 6.45) is 2.52.